The van der Waals surface area contributed by atoms with Gasteiger partial charge >= 0.3 is 0 Å². The van der Waals surface area contributed by atoms with Crippen LogP contribution in [0.5, 0.6) is 5.75 Å². The first-order valence-corrected chi connectivity index (χ1v) is 7.60. The second-order valence-corrected chi connectivity index (χ2v) is 6.95. The topological polar surface area (TPSA) is 9.23 Å². The van der Waals surface area contributed by atoms with E-state index in [9.17, 15) is 0 Å². The minimum absolute atomic E-state index is 0.0456. The molecule has 0 radical (unpaired) electrons. The van der Waals surface area contributed by atoms with Gasteiger partial charge in [-0.1, -0.05) is 48.9 Å². The molecule has 1 rings (SSSR count). The summed E-state index contributed by atoms with van der Waals surface area (Å²) in [6.45, 7) is 11.2. The highest BCUT2D eigenvalue weighted by atomic mass is 79.9. The van der Waals surface area contributed by atoms with Gasteiger partial charge in [0.1, 0.15) is 12.4 Å². The van der Waals surface area contributed by atoms with Gasteiger partial charge in [0.05, 0.1) is 4.47 Å². The average molecular weight is 376 g/mol. The number of allylic oxidation sites excluding steroid dienone is 1. The standard InChI is InChI=1S/C15H20Br2O/c1-6-7-8-18-14-11(15(3,4)5)9-12(16)10(2)13(14)17/h6-7,9H,8H2,1-5H3. The van der Waals surface area contributed by atoms with E-state index in [-0.39, 0.29) is 5.41 Å². The quantitative estimate of drug-likeness (QED) is 0.609. The fourth-order valence-corrected chi connectivity index (χ4v) is 2.85. The van der Waals surface area contributed by atoms with E-state index in [1.807, 2.05) is 19.1 Å². The zero-order valence-corrected chi connectivity index (χ0v) is 14.8. The Bertz CT molecular complexity index is 457. The molecule has 0 bridgehead atoms. The maximum Gasteiger partial charge on any atom is 0.138 e. The molecule has 0 aliphatic heterocycles. The zero-order chi connectivity index (χ0) is 13.9. The Hall–Kier alpha value is -0.280. The lowest BCUT2D eigenvalue weighted by Crippen LogP contribution is -2.14. The van der Waals surface area contributed by atoms with Crippen molar-refractivity contribution in [3.8, 4) is 5.75 Å². The molecule has 1 nitrogen and oxygen atoms in total. The summed E-state index contributed by atoms with van der Waals surface area (Å²) in [5.41, 5.74) is 2.42. The summed E-state index contributed by atoms with van der Waals surface area (Å²) in [5, 5.41) is 0. The summed E-state index contributed by atoms with van der Waals surface area (Å²) < 4.78 is 8.06. The van der Waals surface area contributed by atoms with Crippen LogP contribution in [-0.2, 0) is 5.41 Å². The van der Waals surface area contributed by atoms with Gasteiger partial charge < -0.3 is 4.74 Å². The van der Waals surface area contributed by atoms with Crippen molar-refractivity contribution in [2.45, 2.75) is 40.0 Å². The Morgan fingerprint density at radius 2 is 1.89 bits per heavy atom. The molecule has 0 heterocycles. The fourth-order valence-electron chi connectivity index (χ4n) is 1.62. The summed E-state index contributed by atoms with van der Waals surface area (Å²) in [6.07, 6.45) is 4.01. The van der Waals surface area contributed by atoms with Gasteiger partial charge in [0.15, 0.2) is 0 Å². The van der Waals surface area contributed by atoms with Crippen LogP contribution in [0.15, 0.2) is 27.2 Å². The second kappa shape index (κ2) is 6.25. The summed E-state index contributed by atoms with van der Waals surface area (Å²) in [4.78, 5) is 0. The molecule has 0 unspecified atom stereocenters. The molecule has 3 heteroatoms. The normalized spacial score (nSPS) is 12.2. The maximum atomic E-state index is 5.92. The van der Waals surface area contributed by atoms with Crippen LogP contribution in [0, 0.1) is 6.92 Å². The highest BCUT2D eigenvalue weighted by molar-refractivity contribution is 9.11. The van der Waals surface area contributed by atoms with E-state index in [4.69, 9.17) is 4.74 Å². The molecule has 0 spiro atoms. The first-order valence-electron chi connectivity index (χ1n) is 6.02. The van der Waals surface area contributed by atoms with Crippen molar-refractivity contribution >= 4 is 31.9 Å². The minimum Gasteiger partial charge on any atom is -0.488 e. The van der Waals surface area contributed by atoms with E-state index in [1.165, 1.54) is 11.1 Å². The first kappa shape index (κ1) is 15.8. The number of hydrogen-bond donors (Lipinski definition) is 0. The number of hydrogen-bond acceptors (Lipinski definition) is 1. The fraction of sp³-hybridized carbons (Fsp3) is 0.467. The highest BCUT2D eigenvalue weighted by Crippen LogP contribution is 2.42. The van der Waals surface area contributed by atoms with Gasteiger partial charge in [0, 0.05) is 10.0 Å². The van der Waals surface area contributed by atoms with Gasteiger partial charge in [-0.2, -0.15) is 0 Å². The molecule has 18 heavy (non-hydrogen) atoms. The van der Waals surface area contributed by atoms with Crippen molar-refractivity contribution in [2.75, 3.05) is 6.61 Å². The molecule has 0 saturated carbocycles. The Labute approximate surface area is 127 Å². The van der Waals surface area contributed by atoms with Crippen molar-refractivity contribution in [3.05, 3.63) is 38.3 Å². The zero-order valence-electron chi connectivity index (χ0n) is 11.6. The van der Waals surface area contributed by atoms with Gasteiger partial charge in [0.2, 0.25) is 0 Å². The van der Waals surface area contributed by atoms with Gasteiger partial charge in [-0.3, -0.25) is 0 Å². The van der Waals surface area contributed by atoms with Gasteiger partial charge in [-0.15, -0.1) is 0 Å². The minimum atomic E-state index is 0.0456. The Kier molecular flexibility index (Phi) is 5.47. The lowest BCUT2D eigenvalue weighted by molar-refractivity contribution is 0.348. The molecule has 0 fully saturated rings. The Morgan fingerprint density at radius 3 is 2.39 bits per heavy atom. The van der Waals surface area contributed by atoms with Crippen LogP contribution < -0.4 is 4.74 Å². The third kappa shape index (κ3) is 3.61. The van der Waals surface area contributed by atoms with E-state index in [2.05, 4.69) is 65.6 Å². The molecule has 100 valence electrons. The molecular formula is C15H20Br2O. The lowest BCUT2D eigenvalue weighted by Gasteiger charge is -2.25. The van der Waals surface area contributed by atoms with Crippen LogP contribution in [0.1, 0.15) is 38.8 Å². The van der Waals surface area contributed by atoms with Gasteiger partial charge in [0.25, 0.3) is 0 Å². The van der Waals surface area contributed by atoms with Gasteiger partial charge in [-0.05, 0) is 46.8 Å². The van der Waals surface area contributed by atoms with Crippen molar-refractivity contribution < 1.29 is 4.74 Å². The number of rotatable bonds is 3. The number of halogens is 2. The van der Waals surface area contributed by atoms with Crippen LogP contribution in [0.2, 0.25) is 0 Å². The van der Waals surface area contributed by atoms with Crippen molar-refractivity contribution in [2.24, 2.45) is 0 Å². The molecule has 0 aliphatic carbocycles. The Balaban J connectivity index is 3.31. The van der Waals surface area contributed by atoms with Crippen LogP contribution in [0.25, 0.3) is 0 Å². The van der Waals surface area contributed by atoms with Crippen LogP contribution in [0.3, 0.4) is 0 Å². The predicted octanol–water partition coefficient (Wildman–Crippen LogP) is 5.77. The van der Waals surface area contributed by atoms with Crippen molar-refractivity contribution in [1.82, 2.24) is 0 Å². The predicted molar refractivity (Wildman–Crippen MR) is 85.6 cm³/mol. The van der Waals surface area contributed by atoms with Gasteiger partial charge in [-0.25, -0.2) is 0 Å². The molecule has 1 aromatic carbocycles. The van der Waals surface area contributed by atoms with Crippen LogP contribution in [0.4, 0.5) is 0 Å². The summed E-state index contributed by atoms with van der Waals surface area (Å²) in [7, 11) is 0. The smallest absolute Gasteiger partial charge is 0.138 e. The SMILES string of the molecule is CC=CCOc1c(C(C)(C)C)cc(Br)c(C)c1Br. The molecular weight excluding hydrogens is 356 g/mol. The largest absolute Gasteiger partial charge is 0.488 e. The molecule has 0 N–H and O–H groups in total. The van der Waals surface area contributed by atoms with E-state index in [0.717, 1.165) is 14.7 Å². The average Bonchev–Trinajstić information content (AvgIpc) is 2.27. The number of ether oxygens (including phenoxy) is 1. The summed E-state index contributed by atoms with van der Waals surface area (Å²) in [6, 6.07) is 2.16. The van der Waals surface area contributed by atoms with E-state index in [0.29, 0.717) is 6.61 Å². The Morgan fingerprint density at radius 1 is 1.28 bits per heavy atom. The molecule has 0 aliphatic rings. The number of benzene rings is 1. The molecule has 1 aromatic rings. The van der Waals surface area contributed by atoms with E-state index < -0.39 is 0 Å². The molecule has 0 amide bonds. The van der Waals surface area contributed by atoms with Crippen molar-refractivity contribution in [3.63, 3.8) is 0 Å². The first-order chi connectivity index (χ1) is 8.29. The summed E-state index contributed by atoms with van der Waals surface area (Å²) >= 11 is 7.25. The molecule has 0 aromatic heterocycles. The monoisotopic (exact) mass is 374 g/mol. The highest BCUT2D eigenvalue weighted by Gasteiger charge is 2.23. The summed E-state index contributed by atoms with van der Waals surface area (Å²) in [5.74, 6) is 0.946. The van der Waals surface area contributed by atoms with E-state index >= 15 is 0 Å². The molecule has 0 atom stereocenters. The van der Waals surface area contributed by atoms with Crippen molar-refractivity contribution in [1.29, 1.82) is 0 Å². The van der Waals surface area contributed by atoms with Crippen LogP contribution in [-0.4, -0.2) is 6.61 Å². The molecule has 0 saturated heterocycles. The lowest BCUT2D eigenvalue weighted by atomic mass is 9.86. The van der Waals surface area contributed by atoms with Crippen LogP contribution >= 0.6 is 31.9 Å². The third-order valence-electron chi connectivity index (χ3n) is 2.77. The third-order valence-corrected chi connectivity index (χ3v) is 4.55. The van der Waals surface area contributed by atoms with E-state index in [1.54, 1.807) is 0 Å². The second-order valence-electron chi connectivity index (χ2n) is 5.30. The maximum absolute atomic E-state index is 5.92.